The number of anilines is 1. The minimum atomic E-state index is 0.105. The van der Waals surface area contributed by atoms with Crippen LogP contribution in [0, 0.1) is 0 Å². The fourth-order valence-corrected chi connectivity index (χ4v) is 1.35. The van der Waals surface area contributed by atoms with Gasteiger partial charge in [0.05, 0.1) is 18.3 Å². The first-order chi connectivity index (χ1) is 6.31. The summed E-state index contributed by atoms with van der Waals surface area (Å²) in [5.41, 5.74) is 7.33. The number of hydrogen-bond acceptors (Lipinski definition) is 3. The first-order valence-electron chi connectivity index (χ1n) is 4.13. The Morgan fingerprint density at radius 2 is 2.31 bits per heavy atom. The molecule has 13 heavy (non-hydrogen) atoms. The van der Waals surface area contributed by atoms with E-state index in [1.807, 2.05) is 22.7 Å². The average molecular weight is 177 g/mol. The first kappa shape index (κ1) is 8.07. The van der Waals surface area contributed by atoms with Gasteiger partial charge in [-0.25, -0.2) is 4.98 Å². The van der Waals surface area contributed by atoms with Crippen LogP contribution in [0.1, 0.15) is 5.82 Å². The maximum absolute atomic E-state index is 8.78. The summed E-state index contributed by atoms with van der Waals surface area (Å²) < 4.78 is 1.89. The molecule has 0 aliphatic rings. The van der Waals surface area contributed by atoms with Gasteiger partial charge < -0.3 is 15.2 Å². The van der Waals surface area contributed by atoms with Gasteiger partial charge in [-0.1, -0.05) is 0 Å². The molecular formula is C9H11N3O. The predicted molar refractivity (Wildman–Crippen MR) is 50.4 cm³/mol. The summed E-state index contributed by atoms with van der Waals surface area (Å²) in [5, 5.41) is 8.78. The molecule has 0 atom stereocenters. The molecule has 0 spiro atoms. The smallest absolute Gasteiger partial charge is 0.115 e. The Labute approximate surface area is 75.6 Å². The molecule has 0 unspecified atom stereocenters. The van der Waals surface area contributed by atoms with Gasteiger partial charge in [0, 0.05) is 18.3 Å². The third kappa shape index (κ3) is 1.36. The second kappa shape index (κ2) is 3.06. The van der Waals surface area contributed by atoms with E-state index in [2.05, 4.69) is 4.98 Å². The lowest BCUT2D eigenvalue weighted by Crippen LogP contribution is -1.99. The summed E-state index contributed by atoms with van der Waals surface area (Å²) in [6, 6.07) is 3.74. The van der Waals surface area contributed by atoms with Crippen LogP contribution in [0.25, 0.3) is 5.52 Å². The lowest BCUT2D eigenvalue weighted by Gasteiger charge is -1.99. The van der Waals surface area contributed by atoms with E-state index in [1.165, 1.54) is 0 Å². The number of pyridine rings is 1. The molecule has 3 N–H and O–H groups in total. The number of aliphatic hydroxyl groups excluding tert-OH is 1. The summed E-state index contributed by atoms with van der Waals surface area (Å²) >= 11 is 0. The standard InChI is InChI=1S/C9H11N3O/c10-7-1-2-8-5-11-9(3-4-13)12(8)6-7/h1-2,5-6,13H,3-4,10H2. The number of hydrogen-bond donors (Lipinski definition) is 2. The molecule has 0 aliphatic carbocycles. The minimum absolute atomic E-state index is 0.105. The fraction of sp³-hybridized carbons (Fsp3) is 0.222. The highest BCUT2D eigenvalue weighted by Crippen LogP contribution is 2.10. The monoisotopic (exact) mass is 177 g/mol. The maximum atomic E-state index is 8.78. The van der Waals surface area contributed by atoms with Crippen LogP contribution >= 0.6 is 0 Å². The van der Waals surface area contributed by atoms with Crippen molar-refractivity contribution < 1.29 is 5.11 Å². The predicted octanol–water partition coefficient (Wildman–Crippen LogP) is 0.451. The van der Waals surface area contributed by atoms with Crippen LogP contribution in [0.5, 0.6) is 0 Å². The molecule has 68 valence electrons. The van der Waals surface area contributed by atoms with Crippen LogP contribution in [0.4, 0.5) is 5.69 Å². The van der Waals surface area contributed by atoms with Crippen LogP contribution in [-0.2, 0) is 6.42 Å². The zero-order valence-electron chi connectivity index (χ0n) is 7.14. The quantitative estimate of drug-likeness (QED) is 0.700. The van der Waals surface area contributed by atoms with Crippen molar-refractivity contribution in [3.8, 4) is 0 Å². The Kier molecular flexibility index (Phi) is 1.90. The van der Waals surface area contributed by atoms with E-state index in [4.69, 9.17) is 10.8 Å². The zero-order valence-corrected chi connectivity index (χ0v) is 7.14. The van der Waals surface area contributed by atoms with Crippen LogP contribution in [0.15, 0.2) is 24.5 Å². The summed E-state index contributed by atoms with van der Waals surface area (Å²) in [6.07, 6.45) is 4.13. The van der Waals surface area contributed by atoms with Crippen molar-refractivity contribution in [2.24, 2.45) is 0 Å². The second-order valence-electron chi connectivity index (χ2n) is 2.91. The van der Waals surface area contributed by atoms with Crippen molar-refractivity contribution >= 4 is 11.2 Å². The van der Waals surface area contributed by atoms with E-state index >= 15 is 0 Å². The Bertz CT molecular complexity index is 422. The van der Waals surface area contributed by atoms with Crippen LogP contribution in [0.2, 0.25) is 0 Å². The van der Waals surface area contributed by atoms with Gasteiger partial charge in [-0.3, -0.25) is 0 Å². The van der Waals surface area contributed by atoms with Crippen molar-refractivity contribution in [2.45, 2.75) is 6.42 Å². The minimum Gasteiger partial charge on any atom is -0.398 e. The number of aromatic nitrogens is 2. The lowest BCUT2D eigenvalue weighted by molar-refractivity contribution is 0.296. The largest absolute Gasteiger partial charge is 0.398 e. The molecular weight excluding hydrogens is 166 g/mol. The molecule has 0 aromatic carbocycles. The average Bonchev–Trinajstić information content (AvgIpc) is 2.49. The summed E-state index contributed by atoms with van der Waals surface area (Å²) in [5.74, 6) is 0.838. The van der Waals surface area contributed by atoms with Gasteiger partial charge in [-0.15, -0.1) is 0 Å². The highest BCUT2D eigenvalue weighted by atomic mass is 16.3. The molecule has 4 nitrogen and oxygen atoms in total. The molecule has 0 aliphatic heterocycles. The molecule has 2 heterocycles. The molecule has 0 amide bonds. The highest BCUT2D eigenvalue weighted by Gasteiger charge is 2.01. The molecule has 0 radical (unpaired) electrons. The van der Waals surface area contributed by atoms with Crippen molar-refractivity contribution in [1.82, 2.24) is 9.38 Å². The number of imidazole rings is 1. The van der Waals surface area contributed by atoms with Gasteiger partial charge in [-0.05, 0) is 12.1 Å². The first-order valence-corrected chi connectivity index (χ1v) is 4.13. The van der Waals surface area contributed by atoms with Crippen LogP contribution in [0.3, 0.4) is 0 Å². The molecule has 0 fully saturated rings. The van der Waals surface area contributed by atoms with Crippen molar-refractivity contribution in [1.29, 1.82) is 0 Å². The van der Waals surface area contributed by atoms with Crippen molar-refractivity contribution in [3.05, 3.63) is 30.4 Å². The molecule has 4 heteroatoms. The summed E-state index contributed by atoms with van der Waals surface area (Å²) in [6.45, 7) is 0.105. The summed E-state index contributed by atoms with van der Waals surface area (Å²) in [4.78, 5) is 4.17. The zero-order chi connectivity index (χ0) is 9.26. The number of rotatable bonds is 2. The normalized spacial score (nSPS) is 10.8. The lowest BCUT2D eigenvalue weighted by atomic mass is 10.3. The molecule has 2 aromatic heterocycles. The molecule has 2 rings (SSSR count). The van der Waals surface area contributed by atoms with E-state index in [0.717, 1.165) is 11.3 Å². The van der Waals surface area contributed by atoms with Crippen LogP contribution in [-0.4, -0.2) is 21.1 Å². The second-order valence-corrected chi connectivity index (χ2v) is 2.91. The highest BCUT2D eigenvalue weighted by molar-refractivity contribution is 5.52. The number of fused-ring (bicyclic) bond motifs is 1. The number of nitrogens with two attached hydrogens (primary N) is 1. The van der Waals surface area contributed by atoms with Gasteiger partial charge in [0.2, 0.25) is 0 Å². The number of nitrogens with zero attached hydrogens (tertiary/aromatic N) is 2. The topological polar surface area (TPSA) is 63.5 Å². The summed E-state index contributed by atoms with van der Waals surface area (Å²) in [7, 11) is 0. The maximum Gasteiger partial charge on any atom is 0.115 e. The number of aliphatic hydroxyl groups is 1. The van der Waals surface area contributed by atoms with Crippen molar-refractivity contribution in [2.75, 3.05) is 12.3 Å². The third-order valence-electron chi connectivity index (χ3n) is 1.96. The van der Waals surface area contributed by atoms with E-state index in [0.29, 0.717) is 12.1 Å². The van der Waals surface area contributed by atoms with E-state index in [1.54, 1.807) is 6.20 Å². The van der Waals surface area contributed by atoms with E-state index in [-0.39, 0.29) is 6.61 Å². The van der Waals surface area contributed by atoms with Crippen molar-refractivity contribution in [3.63, 3.8) is 0 Å². The molecule has 0 saturated carbocycles. The van der Waals surface area contributed by atoms with Gasteiger partial charge in [0.15, 0.2) is 0 Å². The van der Waals surface area contributed by atoms with Gasteiger partial charge in [0.1, 0.15) is 5.82 Å². The van der Waals surface area contributed by atoms with Crippen LogP contribution < -0.4 is 5.73 Å². The Balaban J connectivity index is 2.58. The molecule has 0 bridgehead atoms. The van der Waals surface area contributed by atoms with E-state index in [9.17, 15) is 0 Å². The Morgan fingerprint density at radius 3 is 3.08 bits per heavy atom. The van der Waals surface area contributed by atoms with Gasteiger partial charge in [0.25, 0.3) is 0 Å². The Morgan fingerprint density at radius 1 is 1.46 bits per heavy atom. The SMILES string of the molecule is Nc1ccc2cnc(CCO)n2c1. The van der Waals surface area contributed by atoms with Gasteiger partial charge in [-0.2, -0.15) is 0 Å². The Hall–Kier alpha value is -1.55. The van der Waals surface area contributed by atoms with Gasteiger partial charge >= 0.3 is 0 Å². The fourth-order valence-electron chi connectivity index (χ4n) is 1.35. The van der Waals surface area contributed by atoms with E-state index < -0.39 is 0 Å². The molecule has 2 aromatic rings. The molecule has 0 saturated heterocycles. The number of nitrogen functional groups attached to an aromatic ring is 1. The third-order valence-corrected chi connectivity index (χ3v) is 1.96.